The zero-order chi connectivity index (χ0) is 45.3. The quantitative estimate of drug-likeness (QED) is 0.0593. The van der Waals surface area contributed by atoms with Crippen molar-refractivity contribution in [2.75, 3.05) is 48.5 Å². The molecule has 1 heterocycles. The summed E-state index contributed by atoms with van der Waals surface area (Å²) in [5, 5.41) is 6.29. The fraction of sp³-hybridized carbons (Fsp3) is 0.727. The molecular formula is C44H71N7O9. The Hall–Kier alpha value is -4.53. The van der Waals surface area contributed by atoms with Gasteiger partial charge in [0.25, 0.3) is 0 Å². The van der Waals surface area contributed by atoms with Gasteiger partial charge < -0.3 is 34.2 Å². The van der Waals surface area contributed by atoms with Crippen LogP contribution >= 0.6 is 0 Å². The summed E-state index contributed by atoms with van der Waals surface area (Å²) in [5.74, 6) is -3.98. The van der Waals surface area contributed by atoms with Crippen LogP contribution < -0.4 is 5.32 Å². The van der Waals surface area contributed by atoms with Gasteiger partial charge >= 0.3 is 5.97 Å². The first-order valence-electron chi connectivity index (χ1n) is 21.2. The third-order valence-electron chi connectivity index (χ3n) is 12.1. The van der Waals surface area contributed by atoms with Crippen molar-refractivity contribution < 1.29 is 43.0 Å². The largest absolute Gasteiger partial charge is 0.467 e. The third kappa shape index (κ3) is 14.0. The van der Waals surface area contributed by atoms with E-state index in [1.54, 1.807) is 30.8 Å². The second-order valence-corrected chi connectivity index (χ2v) is 16.8. The molecular weight excluding hydrogens is 771 g/mol. The van der Waals surface area contributed by atoms with Gasteiger partial charge in [0.05, 0.1) is 49.8 Å². The number of ether oxygens (including phenoxy) is 3. The molecule has 0 radical (unpaired) electrons. The maximum atomic E-state index is 14.5. The molecule has 1 saturated heterocycles. The van der Waals surface area contributed by atoms with Crippen molar-refractivity contribution in [2.45, 2.75) is 130 Å². The van der Waals surface area contributed by atoms with E-state index in [9.17, 15) is 28.8 Å². The van der Waals surface area contributed by atoms with Crippen molar-refractivity contribution in [3.63, 3.8) is 0 Å². The summed E-state index contributed by atoms with van der Waals surface area (Å²) in [5.41, 5.74) is 9.48. The Morgan fingerprint density at radius 1 is 0.933 bits per heavy atom. The van der Waals surface area contributed by atoms with Crippen LogP contribution in [0.2, 0.25) is 0 Å². The van der Waals surface area contributed by atoms with Gasteiger partial charge in [-0.15, -0.1) is 0 Å². The van der Waals surface area contributed by atoms with Crippen LogP contribution in [0.3, 0.4) is 0 Å². The van der Waals surface area contributed by atoms with Gasteiger partial charge in [0.15, 0.2) is 5.78 Å². The molecule has 2 unspecified atom stereocenters. The van der Waals surface area contributed by atoms with Crippen molar-refractivity contribution >= 4 is 35.4 Å². The number of nitrogens with zero attached hydrogens (tertiary/aromatic N) is 6. The molecule has 9 atom stereocenters. The van der Waals surface area contributed by atoms with E-state index < -0.39 is 60.1 Å². The second kappa shape index (κ2) is 25.3. The highest BCUT2D eigenvalue weighted by molar-refractivity contribution is 5.93. The molecule has 1 N–H and O–H groups in total. The Kier molecular flexibility index (Phi) is 21.8. The van der Waals surface area contributed by atoms with Crippen molar-refractivity contribution in [2.24, 2.45) is 34.7 Å². The smallest absolute Gasteiger partial charge is 0.328 e. The highest BCUT2D eigenvalue weighted by Crippen LogP contribution is 2.31. The highest BCUT2D eigenvalue weighted by Gasteiger charge is 2.44. The van der Waals surface area contributed by atoms with Gasteiger partial charge in [-0.1, -0.05) is 90.3 Å². The number of azide groups is 1. The SMILES string of the molecule is CCC(C)[C@@H]([C@@H](CC(=O)N1CCC[C@H]1[C@H](OC)[C@@H](C)C(=O)NC(Cc1ccccc1)C(=O)OC)OC)N(C)C(=O)[C@@H](CC(=O)[C@H](C(C)C)N(C)C(=O)CCN=[N+]=[N-])C(C)C. The molecule has 0 spiro atoms. The van der Waals surface area contributed by atoms with Crippen LogP contribution in [0.1, 0.15) is 92.6 Å². The fourth-order valence-corrected chi connectivity index (χ4v) is 8.56. The number of ketones is 1. The van der Waals surface area contributed by atoms with E-state index in [4.69, 9.17) is 19.7 Å². The summed E-state index contributed by atoms with van der Waals surface area (Å²) < 4.78 is 17.0. The van der Waals surface area contributed by atoms with Crippen LogP contribution in [0.5, 0.6) is 0 Å². The molecule has 0 aromatic heterocycles. The first kappa shape index (κ1) is 51.6. The number of likely N-dealkylation sites (N-methyl/N-ethyl adjacent to an activating group) is 2. The summed E-state index contributed by atoms with van der Waals surface area (Å²) in [6.45, 7) is 13.6. The van der Waals surface area contributed by atoms with E-state index in [1.807, 2.05) is 71.9 Å². The van der Waals surface area contributed by atoms with Crippen molar-refractivity contribution in [1.29, 1.82) is 0 Å². The van der Waals surface area contributed by atoms with Crippen molar-refractivity contribution in [3.05, 3.63) is 46.3 Å². The summed E-state index contributed by atoms with van der Waals surface area (Å²) in [4.78, 5) is 89.5. The second-order valence-electron chi connectivity index (χ2n) is 16.8. The molecule has 0 aliphatic carbocycles. The van der Waals surface area contributed by atoms with Crippen molar-refractivity contribution in [3.8, 4) is 0 Å². The number of carbonyl (C=O) groups excluding carboxylic acids is 6. The highest BCUT2D eigenvalue weighted by atomic mass is 16.5. The number of nitrogens with one attached hydrogen (secondary N) is 1. The van der Waals surface area contributed by atoms with Gasteiger partial charge in [0.1, 0.15) is 6.04 Å². The average molecular weight is 842 g/mol. The Balaban J connectivity index is 2.30. The number of hydrogen-bond donors (Lipinski definition) is 1. The lowest BCUT2D eigenvalue weighted by Gasteiger charge is -2.41. The zero-order valence-electron chi connectivity index (χ0n) is 38.0. The molecule has 1 fully saturated rings. The minimum absolute atomic E-state index is 0.0210. The van der Waals surface area contributed by atoms with Crippen LogP contribution in [0.15, 0.2) is 35.4 Å². The predicted octanol–water partition coefficient (Wildman–Crippen LogP) is 5.22. The van der Waals surface area contributed by atoms with E-state index in [1.165, 1.54) is 26.2 Å². The number of methoxy groups -OCH3 is 3. The third-order valence-corrected chi connectivity index (χ3v) is 12.1. The number of carbonyl (C=O) groups is 6. The summed E-state index contributed by atoms with van der Waals surface area (Å²) in [7, 11) is 7.56. The number of benzene rings is 1. The Morgan fingerprint density at radius 2 is 1.58 bits per heavy atom. The maximum Gasteiger partial charge on any atom is 0.328 e. The molecule has 2 rings (SSSR count). The van der Waals surface area contributed by atoms with Crippen LogP contribution in [-0.4, -0.2) is 135 Å². The van der Waals surface area contributed by atoms with Gasteiger partial charge in [-0.2, -0.15) is 0 Å². The molecule has 1 aromatic rings. The number of hydrogen-bond acceptors (Lipinski definition) is 10. The standard InChI is InChI=1S/C44H71N7O9/c1-13-29(6)40(50(9)43(56)32(27(2)3)25-35(52)39(28(4)5)49(8)37(53)21-22-46-48-45)36(58-10)26-38(54)51-23-17-20-34(51)41(59-11)30(7)42(55)47-33(44(57)60-12)24-31-18-15-14-16-19-31/h14-16,18-19,27-30,32-34,36,39-41H,13,17,20-26H2,1-12H3,(H,47,55)/t29?,30-,32+,33?,34+,36-,39+,40+,41-/m1/s1. The van der Waals surface area contributed by atoms with E-state index in [2.05, 4.69) is 15.3 Å². The molecule has 0 bridgehead atoms. The van der Waals surface area contributed by atoms with Crippen molar-refractivity contribution in [1.82, 2.24) is 20.0 Å². The van der Waals surface area contributed by atoms with E-state index >= 15 is 0 Å². The van der Waals surface area contributed by atoms with Gasteiger partial charge in [0, 0.05) is 71.5 Å². The Labute approximate surface area is 357 Å². The number of amides is 4. The van der Waals surface area contributed by atoms with Gasteiger partial charge in [-0.25, -0.2) is 4.79 Å². The van der Waals surface area contributed by atoms with Crippen LogP contribution in [0.4, 0.5) is 0 Å². The predicted molar refractivity (Wildman–Crippen MR) is 228 cm³/mol. The lowest BCUT2D eigenvalue weighted by atomic mass is 9.83. The monoisotopic (exact) mass is 842 g/mol. The number of rotatable bonds is 25. The first-order chi connectivity index (χ1) is 28.4. The molecule has 1 aromatic carbocycles. The number of Topliss-reactive ketones (excluding diaryl/α,β-unsaturated/α-hetero) is 1. The first-order valence-corrected chi connectivity index (χ1v) is 21.2. The molecule has 4 amide bonds. The Morgan fingerprint density at radius 3 is 2.12 bits per heavy atom. The minimum Gasteiger partial charge on any atom is -0.467 e. The molecule has 1 aliphatic heterocycles. The number of esters is 1. The summed E-state index contributed by atoms with van der Waals surface area (Å²) >= 11 is 0. The minimum atomic E-state index is -0.914. The van der Waals surface area contributed by atoms with E-state index in [0.29, 0.717) is 25.8 Å². The van der Waals surface area contributed by atoms with E-state index in [0.717, 1.165) is 5.56 Å². The normalized spacial score (nSPS) is 18.0. The molecule has 16 nitrogen and oxygen atoms in total. The van der Waals surface area contributed by atoms with Crippen LogP contribution in [-0.2, 0) is 49.4 Å². The van der Waals surface area contributed by atoms with E-state index in [-0.39, 0.29) is 73.5 Å². The maximum absolute atomic E-state index is 14.5. The topological polar surface area (TPSA) is 201 Å². The lowest BCUT2D eigenvalue weighted by molar-refractivity contribution is -0.150. The van der Waals surface area contributed by atoms with Crippen LogP contribution in [0, 0.1) is 29.6 Å². The Bertz CT molecular complexity index is 1620. The summed E-state index contributed by atoms with van der Waals surface area (Å²) in [6.07, 6.45) is 0.687. The molecule has 16 heteroatoms. The van der Waals surface area contributed by atoms with Gasteiger partial charge in [-0.3, -0.25) is 24.0 Å². The van der Waals surface area contributed by atoms with Crippen LogP contribution in [0.25, 0.3) is 10.4 Å². The number of likely N-dealkylation sites (tertiary alicyclic amines) is 1. The summed E-state index contributed by atoms with van der Waals surface area (Å²) in [6, 6.07) is 6.68. The zero-order valence-corrected chi connectivity index (χ0v) is 38.0. The average Bonchev–Trinajstić information content (AvgIpc) is 3.71. The molecule has 60 heavy (non-hydrogen) atoms. The van der Waals surface area contributed by atoms with Gasteiger partial charge in [-0.05, 0) is 41.7 Å². The molecule has 1 aliphatic rings. The lowest BCUT2D eigenvalue weighted by Crippen LogP contribution is -2.55. The van der Waals surface area contributed by atoms with Gasteiger partial charge in [0.2, 0.25) is 23.6 Å². The molecule has 0 saturated carbocycles. The fourth-order valence-electron chi connectivity index (χ4n) is 8.56. The molecule has 336 valence electrons.